The Morgan fingerprint density at radius 1 is 1.12 bits per heavy atom. The van der Waals surface area contributed by atoms with Crippen molar-refractivity contribution in [3.8, 4) is 0 Å². The van der Waals surface area contributed by atoms with Crippen molar-refractivity contribution in [2.75, 3.05) is 6.61 Å². The molecule has 6 heteroatoms. The minimum Gasteiger partial charge on any atom is -0.392 e. The molecule has 9 atom stereocenters. The standard InChI is InChI=1S/C20H28O6/c1-9-10-4-5-11-18-8-26-20(25,19(11,14(9)22)15(10)23)16(24)13(18)17(2,3)7-6-12(18)21/h10-13,15-16,21,23-25H,1,4-8H2,2-3H3/t10?,11-,12-,13+,15+,16-,18+,19?,20+/m0/s1. The van der Waals surface area contributed by atoms with Crippen LogP contribution >= 0.6 is 0 Å². The number of hydrogen-bond donors (Lipinski definition) is 4. The maximum Gasteiger partial charge on any atom is 0.208 e. The van der Waals surface area contributed by atoms with Gasteiger partial charge in [-0.25, -0.2) is 0 Å². The van der Waals surface area contributed by atoms with E-state index >= 15 is 0 Å². The van der Waals surface area contributed by atoms with Crippen LogP contribution in [0.4, 0.5) is 0 Å². The van der Waals surface area contributed by atoms with Crippen molar-refractivity contribution in [1.29, 1.82) is 0 Å². The fourth-order valence-corrected chi connectivity index (χ4v) is 7.90. The third-order valence-electron chi connectivity index (χ3n) is 8.88. The molecule has 4 saturated carbocycles. The first-order valence-corrected chi connectivity index (χ1v) is 9.71. The molecule has 6 rings (SSSR count). The predicted octanol–water partition coefficient (Wildman–Crippen LogP) is 0.376. The number of carbonyl (C=O) groups excluding carboxylic acids is 1. The van der Waals surface area contributed by atoms with E-state index in [0.29, 0.717) is 24.8 Å². The van der Waals surface area contributed by atoms with Crippen molar-refractivity contribution in [2.45, 2.75) is 63.6 Å². The SMILES string of the molecule is C=C1C(=O)C23[C@H](O)C1CC[C@H]2[C@@]12CO[C@]3(O)[C@@H](O)[C@@H]1C(C)(C)CC[C@@H]2O. The molecule has 0 amide bonds. The van der Waals surface area contributed by atoms with Gasteiger partial charge < -0.3 is 25.2 Å². The van der Waals surface area contributed by atoms with Crippen LogP contribution < -0.4 is 0 Å². The highest BCUT2D eigenvalue weighted by Crippen LogP contribution is 2.76. The molecule has 4 N–H and O–H groups in total. The number of hydrogen-bond acceptors (Lipinski definition) is 6. The molecule has 6 fully saturated rings. The molecule has 2 heterocycles. The van der Waals surface area contributed by atoms with Gasteiger partial charge in [0.15, 0.2) is 5.78 Å². The Labute approximate surface area is 152 Å². The molecule has 0 aromatic heterocycles. The van der Waals surface area contributed by atoms with Crippen LogP contribution in [0, 0.1) is 34.0 Å². The fourth-order valence-electron chi connectivity index (χ4n) is 7.90. The molecule has 6 aliphatic rings. The molecule has 2 spiro atoms. The van der Waals surface area contributed by atoms with Crippen LogP contribution in [-0.4, -0.2) is 56.9 Å². The van der Waals surface area contributed by atoms with Gasteiger partial charge in [0.2, 0.25) is 5.79 Å². The van der Waals surface area contributed by atoms with Gasteiger partial charge in [-0.1, -0.05) is 20.4 Å². The van der Waals surface area contributed by atoms with Gasteiger partial charge in [0.1, 0.15) is 11.5 Å². The van der Waals surface area contributed by atoms with Gasteiger partial charge in [-0.15, -0.1) is 0 Å². The highest BCUT2D eigenvalue weighted by molar-refractivity contribution is 6.05. The van der Waals surface area contributed by atoms with Gasteiger partial charge in [-0.05, 0) is 42.6 Å². The molecule has 4 bridgehead atoms. The lowest BCUT2D eigenvalue weighted by Crippen LogP contribution is -2.85. The molecular weight excluding hydrogens is 336 g/mol. The highest BCUT2D eigenvalue weighted by atomic mass is 16.6. The Kier molecular flexibility index (Phi) is 3.07. The quantitative estimate of drug-likeness (QED) is 0.463. The number of fused-ring (bicyclic) bond motifs is 2. The van der Waals surface area contributed by atoms with Gasteiger partial charge in [-0.2, -0.15) is 0 Å². The van der Waals surface area contributed by atoms with Crippen molar-refractivity contribution in [2.24, 2.45) is 34.0 Å². The third-order valence-corrected chi connectivity index (χ3v) is 8.88. The number of carbonyl (C=O) groups is 1. The summed E-state index contributed by atoms with van der Waals surface area (Å²) in [5.41, 5.74) is -2.49. The van der Waals surface area contributed by atoms with E-state index in [1.807, 2.05) is 13.8 Å². The molecule has 2 aliphatic heterocycles. The van der Waals surface area contributed by atoms with Gasteiger partial charge in [-0.3, -0.25) is 4.79 Å². The summed E-state index contributed by atoms with van der Waals surface area (Å²) in [4.78, 5) is 13.3. The number of ketones is 1. The maximum absolute atomic E-state index is 13.3. The van der Waals surface area contributed by atoms with Gasteiger partial charge in [0.05, 0.1) is 18.8 Å². The van der Waals surface area contributed by atoms with Crippen molar-refractivity contribution >= 4 is 5.78 Å². The topological polar surface area (TPSA) is 107 Å². The molecule has 4 aliphatic carbocycles. The predicted molar refractivity (Wildman–Crippen MR) is 90.7 cm³/mol. The number of ether oxygens (including phenoxy) is 1. The Balaban J connectivity index is 1.81. The molecule has 0 radical (unpaired) electrons. The van der Waals surface area contributed by atoms with Crippen LogP contribution in [0.5, 0.6) is 0 Å². The smallest absolute Gasteiger partial charge is 0.208 e. The Bertz CT molecular complexity index is 717. The molecular formula is C20H28O6. The zero-order valence-corrected chi connectivity index (χ0v) is 15.3. The monoisotopic (exact) mass is 364 g/mol. The number of aliphatic hydroxyl groups is 4. The summed E-state index contributed by atoms with van der Waals surface area (Å²) in [5.74, 6) is -3.80. The van der Waals surface area contributed by atoms with E-state index in [0.717, 1.165) is 6.42 Å². The van der Waals surface area contributed by atoms with Crippen molar-refractivity contribution in [3.05, 3.63) is 12.2 Å². The van der Waals surface area contributed by atoms with Gasteiger partial charge in [0, 0.05) is 17.3 Å². The first-order chi connectivity index (χ1) is 12.1. The molecule has 6 nitrogen and oxygen atoms in total. The zero-order chi connectivity index (χ0) is 18.9. The summed E-state index contributed by atoms with van der Waals surface area (Å²) in [7, 11) is 0. The normalized spacial score (nSPS) is 59.9. The maximum atomic E-state index is 13.3. The molecule has 0 aromatic carbocycles. The van der Waals surface area contributed by atoms with E-state index in [-0.39, 0.29) is 12.0 Å². The van der Waals surface area contributed by atoms with E-state index in [9.17, 15) is 25.2 Å². The zero-order valence-electron chi connectivity index (χ0n) is 15.3. The molecule has 26 heavy (non-hydrogen) atoms. The Hall–Kier alpha value is -0.790. The molecule has 144 valence electrons. The van der Waals surface area contributed by atoms with Crippen LogP contribution in [0.15, 0.2) is 12.2 Å². The highest BCUT2D eigenvalue weighted by Gasteiger charge is 2.86. The Morgan fingerprint density at radius 2 is 1.81 bits per heavy atom. The van der Waals surface area contributed by atoms with E-state index in [4.69, 9.17) is 4.74 Å². The average molecular weight is 364 g/mol. The summed E-state index contributed by atoms with van der Waals surface area (Å²) < 4.78 is 5.80. The number of Topliss-reactive ketones (excluding diaryl/α,β-unsaturated/α-hetero) is 1. The molecule has 2 unspecified atom stereocenters. The van der Waals surface area contributed by atoms with Crippen LogP contribution in [-0.2, 0) is 9.53 Å². The summed E-state index contributed by atoms with van der Waals surface area (Å²) in [5, 5.41) is 45.1. The minimum absolute atomic E-state index is 0.0966. The number of aliphatic hydroxyl groups excluding tert-OH is 3. The Morgan fingerprint density at radius 3 is 2.50 bits per heavy atom. The van der Waals surface area contributed by atoms with Crippen LogP contribution in [0.1, 0.15) is 39.5 Å². The summed E-state index contributed by atoms with van der Waals surface area (Å²) >= 11 is 0. The lowest BCUT2D eigenvalue weighted by Gasteiger charge is -2.74. The fraction of sp³-hybridized carbons (Fsp3) is 0.850. The summed E-state index contributed by atoms with van der Waals surface area (Å²) in [6.07, 6.45) is -0.747. The lowest BCUT2D eigenvalue weighted by atomic mass is 9.35. The lowest BCUT2D eigenvalue weighted by molar-refractivity contribution is -0.458. The van der Waals surface area contributed by atoms with Gasteiger partial charge in [0.25, 0.3) is 0 Å². The molecule has 2 saturated heterocycles. The first kappa shape index (κ1) is 17.3. The average Bonchev–Trinajstić information content (AvgIpc) is 2.69. The second-order valence-corrected chi connectivity index (χ2v) is 9.97. The van der Waals surface area contributed by atoms with Crippen molar-refractivity contribution in [1.82, 2.24) is 0 Å². The van der Waals surface area contributed by atoms with Crippen molar-refractivity contribution < 1.29 is 30.0 Å². The van der Waals surface area contributed by atoms with E-state index in [1.165, 1.54) is 0 Å². The first-order valence-electron chi connectivity index (χ1n) is 9.71. The van der Waals surface area contributed by atoms with E-state index in [1.54, 1.807) is 0 Å². The second-order valence-electron chi connectivity index (χ2n) is 9.97. The second kappa shape index (κ2) is 4.61. The van der Waals surface area contributed by atoms with Crippen molar-refractivity contribution in [3.63, 3.8) is 0 Å². The third kappa shape index (κ3) is 1.41. The van der Waals surface area contributed by atoms with E-state index in [2.05, 4.69) is 6.58 Å². The largest absolute Gasteiger partial charge is 0.392 e. The minimum atomic E-state index is -2.15. The van der Waals surface area contributed by atoms with Crippen LogP contribution in [0.3, 0.4) is 0 Å². The van der Waals surface area contributed by atoms with Gasteiger partial charge >= 0.3 is 0 Å². The summed E-state index contributed by atoms with van der Waals surface area (Å²) in [6.45, 7) is 8.07. The van der Waals surface area contributed by atoms with E-state index < -0.39 is 58.5 Å². The van der Waals surface area contributed by atoms with Crippen LogP contribution in [0.2, 0.25) is 0 Å². The molecule has 0 aromatic rings. The van der Waals surface area contributed by atoms with Crippen LogP contribution in [0.25, 0.3) is 0 Å². The number of rotatable bonds is 0. The summed E-state index contributed by atoms with van der Waals surface area (Å²) in [6, 6.07) is 0.